The zero-order valence-electron chi connectivity index (χ0n) is 14.5. The van der Waals surface area contributed by atoms with Gasteiger partial charge in [-0.15, -0.1) is 0 Å². The minimum absolute atomic E-state index is 0.0824. The molecule has 0 bridgehead atoms. The standard InChI is InChI=1S/C19H25ClN2O3/c20-17-5-2-15(3-6-17)8-10-22-14-16(4-7-18(22)23)19(24)21-9-1-12-25-13-11-21/h2-3,5-6,16H,1,4,7-14H2/t16-/m0/s1. The van der Waals surface area contributed by atoms with Crippen LogP contribution in [0.4, 0.5) is 0 Å². The summed E-state index contributed by atoms with van der Waals surface area (Å²) >= 11 is 5.91. The molecule has 0 unspecified atom stereocenters. The number of ether oxygens (including phenoxy) is 1. The van der Waals surface area contributed by atoms with Crippen molar-refractivity contribution in [3.8, 4) is 0 Å². The first-order valence-electron chi connectivity index (χ1n) is 9.02. The summed E-state index contributed by atoms with van der Waals surface area (Å²) in [7, 11) is 0. The number of halogens is 1. The predicted molar refractivity (Wildman–Crippen MR) is 96.5 cm³/mol. The summed E-state index contributed by atoms with van der Waals surface area (Å²) in [6, 6.07) is 7.69. The van der Waals surface area contributed by atoms with Gasteiger partial charge in [-0.2, -0.15) is 0 Å². The van der Waals surface area contributed by atoms with Crippen molar-refractivity contribution in [3.63, 3.8) is 0 Å². The number of nitrogens with zero attached hydrogens (tertiary/aromatic N) is 2. The van der Waals surface area contributed by atoms with Crippen LogP contribution in [-0.2, 0) is 20.7 Å². The molecule has 2 fully saturated rings. The molecule has 0 N–H and O–H groups in total. The van der Waals surface area contributed by atoms with Crippen molar-refractivity contribution in [2.24, 2.45) is 5.92 Å². The fourth-order valence-electron chi connectivity index (χ4n) is 3.47. The van der Waals surface area contributed by atoms with Gasteiger partial charge in [-0.1, -0.05) is 23.7 Å². The Bertz CT molecular complexity index is 597. The number of rotatable bonds is 4. The molecule has 0 saturated carbocycles. The largest absolute Gasteiger partial charge is 0.380 e. The Balaban J connectivity index is 1.56. The minimum Gasteiger partial charge on any atom is -0.380 e. The maximum absolute atomic E-state index is 12.8. The van der Waals surface area contributed by atoms with E-state index >= 15 is 0 Å². The van der Waals surface area contributed by atoms with Crippen LogP contribution in [-0.4, -0.2) is 61.0 Å². The minimum atomic E-state index is -0.0824. The van der Waals surface area contributed by atoms with Crippen LogP contribution in [0.3, 0.4) is 0 Å². The lowest BCUT2D eigenvalue weighted by atomic mass is 9.95. The van der Waals surface area contributed by atoms with E-state index in [9.17, 15) is 9.59 Å². The van der Waals surface area contributed by atoms with E-state index in [0.29, 0.717) is 44.1 Å². The lowest BCUT2D eigenvalue weighted by Crippen LogP contribution is -2.48. The van der Waals surface area contributed by atoms with Crippen LogP contribution >= 0.6 is 11.6 Å². The van der Waals surface area contributed by atoms with Crippen molar-refractivity contribution in [2.45, 2.75) is 25.7 Å². The maximum Gasteiger partial charge on any atom is 0.227 e. The van der Waals surface area contributed by atoms with Gasteiger partial charge in [-0.25, -0.2) is 0 Å². The van der Waals surface area contributed by atoms with E-state index in [1.165, 1.54) is 0 Å². The second-order valence-corrected chi connectivity index (χ2v) is 7.18. The molecule has 6 heteroatoms. The Labute approximate surface area is 153 Å². The van der Waals surface area contributed by atoms with E-state index in [0.717, 1.165) is 31.6 Å². The number of amides is 2. The predicted octanol–water partition coefficient (Wildman–Crippen LogP) is 2.37. The van der Waals surface area contributed by atoms with Crippen LogP contribution in [0, 0.1) is 5.92 Å². The van der Waals surface area contributed by atoms with Crippen molar-refractivity contribution in [3.05, 3.63) is 34.9 Å². The molecule has 3 rings (SSSR count). The number of piperidine rings is 1. The maximum atomic E-state index is 12.8. The summed E-state index contributed by atoms with van der Waals surface area (Å²) in [4.78, 5) is 28.8. The Hall–Kier alpha value is -1.59. The number of benzene rings is 1. The quantitative estimate of drug-likeness (QED) is 0.824. The fraction of sp³-hybridized carbons (Fsp3) is 0.579. The van der Waals surface area contributed by atoms with E-state index in [4.69, 9.17) is 16.3 Å². The Morgan fingerprint density at radius 2 is 2.00 bits per heavy atom. The second-order valence-electron chi connectivity index (χ2n) is 6.74. The summed E-state index contributed by atoms with van der Waals surface area (Å²) in [6.07, 6.45) is 2.78. The van der Waals surface area contributed by atoms with Gasteiger partial charge < -0.3 is 14.5 Å². The Kier molecular flexibility index (Phi) is 6.32. The Morgan fingerprint density at radius 1 is 1.20 bits per heavy atom. The molecule has 2 heterocycles. The highest BCUT2D eigenvalue weighted by atomic mass is 35.5. The molecule has 0 spiro atoms. The molecule has 25 heavy (non-hydrogen) atoms. The van der Waals surface area contributed by atoms with Gasteiger partial charge in [0.2, 0.25) is 11.8 Å². The summed E-state index contributed by atoms with van der Waals surface area (Å²) in [6.45, 7) is 3.93. The van der Waals surface area contributed by atoms with Gasteiger partial charge >= 0.3 is 0 Å². The third-order valence-electron chi connectivity index (χ3n) is 4.97. The van der Waals surface area contributed by atoms with Crippen LogP contribution in [0.2, 0.25) is 5.02 Å². The van der Waals surface area contributed by atoms with Gasteiger partial charge in [0, 0.05) is 44.2 Å². The molecule has 136 valence electrons. The van der Waals surface area contributed by atoms with E-state index in [-0.39, 0.29) is 17.7 Å². The summed E-state index contributed by atoms with van der Waals surface area (Å²) in [5.41, 5.74) is 1.15. The number of carbonyl (C=O) groups excluding carboxylic acids is 2. The van der Waals surface area contributed by atoms with Gasteiger partial charge in [0.05, 0.1) is 12.5 Å². The van der Waals surface area contributed by atoms with Crippen LogP contribution < -0.4 is 0 Å². The molecule has 5 nitrogen and oxygen atoms in total. The first-order chi connectivity index (χ1) is 12.1. The normalized spacial score (nSPS) is 22.0. The highest BCUT2D eigenvalue weighted by Gasteiger charge is 2.32. The number of likely N-dealkylation sites (tertiary alicyclic amines) is 1. The summed E-state index contributed by atoms with van der Waals surface area (Å²) in [5.74, 6) is 0.243. The van der Waals surface area contributed by atoms with E-state index < -0.39 is 0 Å². The topological polar surface area (TPSA) is 49.9 Å². The summed E-state index contributed by atoms with van der Waals surface area (Å²) in [5, 5.41) is 0.713. The molecule has 2 amide bonds. The van der Waals surface area contributed by atoms with Crippen LogP contribution in [0.25, 0.3) is 0 Å². The van der Waals surface area contributed by atoms with Crippen molar-refractivity contribution >= 4 is 23.4 Å². The molecule has 1 atom stereocenters. The van der Waals surface area contributed by atoms with Crippen molar-refractivity contribution in [1.29, 1.82) is 0 Å². The fourth-order valence-corrected chi connectivity index (χ4v) is 3.60. The SMILES string of the molecule is O=C1CC[C@H](C(=O)N2CCCOCC2)CN1CCc1ccc(Cl)cc1. The van der Waals surface area contributed by atoms with Gasteiger partial charge in [0.15, 0.2) is 0 Å². The van der Waals surface area contributed by atoms with E-state index in [2.05, 4.69) is 0 Å². The average Bonchev–Trinajstić information content (AvgIpc) is 2.91. The van der Waals surface area contributed by atoms with Gasteiger partial charge in [-0.05, 0) is 37.0 Å². The lowest BCUT2D eigenvalue weighted by Gasteiger charge is -2.34. The highest BCUT2D eigenvalue weighted by molar-refractivity contribution is 6.30. The van der Waals surface area contributed by atoms with Crippen molar-refractivity contribution < 1.29 is 14.3 Å². The smallest absolute Gasteiger partial charge is 0.227 e. The number of hydrogen-bond donors (Lipinski definition) is 0. The first-order valence-corrected chi connectivity index (χ1v) is 9.40. The molecular weight excluding hydrogens is 340 g/mol. The third kappa shape index (κ3) is 4.95. The van der Waals surface area contributed by atoms with E-state index in [1.807, 2.05) is 34.1 Å². The van der Waals surface area contributed by atoms with Gasteiger partial charge in [0.25, 0.3) is 0 Å². The Morgan fingerprint density at radius 3 is 2.80 bits per heavy atom. The number of hydrogen-bond acceptors (Lipinski definition) is 3. The molecular formula is C19H25ClN2O3. The number of carbonyl (C=O) groups is 2. The van der Waals surface area contributed by atoms with Crippen LogP contribution in [0.1, 0.15) is 24.8 Å². The van der Waals surface area contributed by atoms with Crippen molar-refractivity contribution in [2.75, 3.05) is 39.4 Å². The molecule has 2 aliphatic heterocycles. The van der Waals surface area contributed by atoms with Crippen LogP contribution in [0.15, 0.2) is 24.3 Å². The molecule has 0 aromatic heterocycles. The first kappa shape index (κ1) is 18.2. The zero-order valence-corrected chi connectivity index (χ0v) is 15.2. The molecule has 2 aliphatic rings. The molecule has 1 aromatic carbocycles. The highest BCUT2D eigenvalue weighted by Crippen LogP contribution is 2.21. The third-order valence-corrected chi connectivity index (χ3v) is 5.22. The van der Waals surface area contributed by atoms with Gasteiger partial charge in [-0.3, -0.25) is 9.59 Å². The lowest BCUT2D eigenvalue weighted by molar-refractivity contribution is -0.143. The van der Waals surface area contributed by atoms with E-state index in [1.54, 1.807) is 0 Å². The second kappa shape index (κ2) is 8.68. The van der Waals surface area contributed by atoms with Gasteiger partial charge in [0.1, 0.15) is 0 Å². The molecule has 0 radical (unpaired) electrons. The summed E-state index contributed by atoms with van der Waals surface area (Å²) < 4.78 is 5.43. The average molecular weight is 365 g/mol. The molecule has 2 saturated heterocycles. The van der Waals surface area contributed by atoms with Crippen molar-refractivity contribution in [1.82, 2.24) is 9.80 Å². The molecule has 1 aromatic rings. The zero-order chi connectivity index (χ0) is 17.6. The monoisotopic (exact) mass is 364 g/mol. The molecule has 0 aliphatic carbocycles. The van der Waals surface area contributed by atoms with Crippen LogP contribution in [0.5, 0.6) is 0 Å².